The minimum absolute atomic E-state index is 0.0535. The zero-order valence-corrected chi connectivity index (χ0v) is 8.44. The van der Waals surface area contributed by atoms with Crippen LogP contribution >= 0.6 is 0 Å². The molecule has 0 saturated heterocycles. The topological polar surface area (TPSA) is 31.9 Å². The maximum atomic E-state index is 10.2. The third-order valence-corrected chi connectivity index (χ3v) is 2.03. The van der Waals surface area contributed by atoms with Crippen molar-refractivity contribution in [2.24, 2.45) is 0 Å². The molecular formula is C10H22NO. The van der Waals surface area contributed by atoms with Crippen LogP contribution in [0.5, 0.6) is 0 Å². The van der Waals surface area contributed by atoms with Crippen LogP contribution in [0.1, 0.15) is 46.0 Å². The second-order valence-electron chi connectivity index (χ2n) is 3.29. The molecule has 0 aromatic heterocycles. The average Bonchev–Trinajstić information content (AvgIpc) is 2.06. The Bertz CT molecular complexity index is 79.9. The van der Waals surface area contributed by atoms with Gasteiger partial charge in [0.15, 0.2) is 0 Å². The van der Waals surface area contributed by atoms with Gasteiger partial charge in [-0.3, -0.25) is 0 Å². The molecule has 0 aliphatic rings. The summed E-state index contributed by atoms with van der Waals surface area (Å²) in [6, 6.07) is 0.645. The van der Waals surface area contributed by atoms with E-state index < -0.39 is 0 Å². The molecule has 0 spiro atoms. The highest BCUT2D eigenvalue weighted by Gasteiger charge is 2.03. The van der Waals surface area contributed by atoms with Gasteiger partial charge in [-0.15, -0.1) is 0 Å². The third kappa shape index (κ3) is 6.62. The molecule has 0 fully saturated rings. The van der Waals surface area contributed by atoms with Gasteiger partial charge in [-0.05, 0) is 25.8 Å². The Morgan fingerprint density at radius 2 is 1.75 bits per heavy atom. The van der Waals surface area contributed by atoms with Crippen molar-refractivity contribution in [3.05, 3.63) is 0 Å². The largest absolute Gasteiger partial charge is 0.314 e. The van der Waals surface area contributed by atoms with Gasteiger partial charge in [-0.1, -0.05) is 26.7 Å². The van der Waals surface area contributed by atoms with Crippen LogP contribution in [0.25, 0.3) is 0 Å². The molecule has 0 unspecified atom stereocenters. The molecule has 2 nitrogen and oxygen atoms in total. The summed E-state index contributed by atoms with van der Waals surface area (Å²) in [4.78, 5) is 0. The van der Waals surface area contributed by atoms with Crippen molar-refractivity contribution in [2.45, 2.75) is 52.0 Å². The zero-order chi connectivity index (χ0) is 9.23. The van der Waals surface area contributed by atoms with Gasteiger partial charge in [0.2, 0.25) is 0 Å². The van der Waals surface area contributed by atoms with Crippen molar-refractivity contribution < 1.29 is 5.11 Å². The first-order valence-corrected chi connectivity index (χ1v) is 5.16. The second kappa shape index (κ2) is 9.01. The summed E-state index contributed by atoms with van der Waals surface area (Å²) in [6.07, 6.45) is 5.72. The summed E-state index contributed by atoms with van der Waals surface area (Å²) in [5, 5.41) is 13.6. The summed E-state index contributed by atoms with van der Waals surface area (Å²) >= 11 is 0. The number of hydrogen-bond acceptors (Lipinski definition) is 1. The summed E-state index contributed by atoms with van der Waals surface area (Å²) in [7, 11) is 0. The Morgan fingerprint density at radius 1 is 1.17 bits per heavy atom. The van der Waals surface area contributed by atoms with Crippen LogP contribution in [0, 0.1) is 0 Å². The van der Waals surface area contributed by atoms with Crippen molar-refractivity contribution in [3.8, 4) is 0 Å². The predicted molar refractivity (Wildman–Crippen MR) is 51.8 cm³/mol. The Kier molecular flexibility index (Phi) is 8.95. The fourth-order valence-corrected chi connectivity index (χ4v) is 1.42. The first-order chi connectivity index (χ1) is 5.85. The lowest BCUT2D eigenvalue weighted by molar-refractivity contribution is 0.186. The molecule has 0 amide bonds. The van der Waals surface area contributed by atoms with Gasteiger partial charge >= 0.3 is 0 Å². The molecule has 0 aromatic carbocycles. The summed E-state index contributed by atoms with van der Waals surface area (Å²) in [5.41, 5.74) is 0. The van der Waals surface area contributed by atoms with E-state index in [2.05, 4.69) is 19.2 Å². The molecule has 1 radical (unpaired) electrons. The van der Waals surface area contributed by atoms with Crippen LogP contribution in [0.3, 0.4) is 0 Å². The van der Waals surface area contributed by atoms with Gasteiger partial charge in [0, 0.05) is 6.04 Å². The standard InChI is InChI=1S/C10H22NO/c1-3-6-10(7-4-2)11-8-5-9-12/h10-11H,3-9H2,1-2H3. The van der Waals surface area contributed by atoms with E-state index in [1.165, 1.54) is 25.7 Å². The van der Waals surface area contributed by atoms with Crippen molar-refractivity contribution in [2.75, 3.05) is 13.2 Å². The van der Waals surface area contributed by atoms with Gasteiger partial charge < -0.3 is 5.32 Å². The minimum atomic E-state index is 0.0535. The van der Waals surface area contributed by atoms with Crippen LogP contribution in [0.4, 0.5) is 0 Å². The maximum absolute atomic E-state index is 10.2. The molecule has 0 aromatic rings. The molecule has 0 aliphatic heterocycles. The summed E-state index contributed by atoms with van der Waals surface area (Å²) in [5.74, 6) is 0. The maximum Gasteiger partial charge on any atom is 0.0834 e. The smallest absolute Gasteiger partial charge is 0.0834 e. The van der Waals surface area contributed by atoms with Gasteiger partial charge in [-0.25, -0.2) is 5.11 Å². The normalized spacial score (nSPS) is 11.0. The van der Waals surface area contributed by atoms with E-state index in [-0.39, 0.29) is 6.61 Å². The van der Waals surface area contributed by atoms with Crippen molar-refractivity contribution in [1.29, 1.82) is 0 Å². The molecular weight excluding hydrogens is 150 g/mol. The fourth-order valence-electron chi connectivity index (χ4n) is 1.42. The van der Waals surface area contributed by atoms with Crippen molar-refractivity contribution in [1.82, 2.24) is 5.32 Å². The lowest BCUT2D eigenvalue weighted by Crippen LogP contribution is -2.30. The van der Waals surface area contributed by atoms with Gasteiger partial charge in [0.05, 0.1) is 6.61 Å². The van der Waals surface area contributed by atoms with Crippen molar-refractivity contribution >= 4 is 0 Å². The van der Waals surface area contributed by atoms with Crippen LogP contribution in [-0.2, 0) is 5.11 Å². The molecule has 1 N–H and O–H groups in total. The van der Waals surface area contributed by atoms with E-state index in [0.717, 1.165) is 13.0 Å². The van der Waals surface area contributed by atoms with E-state index in [1.807, 2.05) is 0 Å². The Morgan fingerprint density at radius 3 is 2.17 bits per heavy atom. The zero-order valence-electron chi connectivity index (χ0n) is 8.44. The molecule has 0 heterocycles. The van der Waals surface area contributed by atoms with E-state index in [9.17, 15) is 5.11 Å². The highest BCUT2D eigenvalue weighted by molar-refractivity contribution is 4.64. The van der Waals surface area contributed by atoms with Gasteiger partial charge in [0.1, 0.15) is 0 Å². The fraction of sp³-hybridized carbons (Fsp3) is 1.00. The molecule has 0 saturated carbocycles. The molecule has 73 valence electrons. The molecule has 0 atom stereocenters. The lowest BCUT2D eigenvalue weighted by atomic mass is 10.1. The highest BCUT2D eigenvalue weighted by atomic mass is 16.3. The quantitative estimate of drug-likeness (QED) is 0.560. The van der Waals surface area contributed by atoms with Crippen molar-refractivity contribution in [3.63, 3.8) is 0 Å². The SMILES string of the molecule is CCCC(CCC)NCCC[O]. The molecule has 12 heavy (non-hydrogen) atoms. The second-order valence-corrected chi connectivity index (χ2v) is 3.29. The molecule has 2 heteroatoms. The first-order valence-electron chi connectivity index (χ1n) is 5.16. The van der Waals surface area contributed by atoms with E-state index in [4.69, 9.17) is 0 Å². The third-order valence-electron chi connectivity index (χ3n) is 2.03. The summed E-state index contributed by atoms with van der Waals surface area (Å²) < 4.78 is 0. The number of hydrogen-bond donors (Lipinski definition) is 1. The summed E-state index contributed by atoms with van der Waals surface area (Å²) in [6.45, 7) is 5.36. The highest BCUT2D eigenvalue weighted by Crippen LogP contribution is 2.03. The Balaban J connectivity index is 3.34. The van der Waals surface area contributed by atoms with E-state index >= 15 is 0 Å². The molecule has 0 bridgehead atoms. The van der Waals surface area contributed by atoms with Crippen LogP contribution in [0.2, 0.25) is 0 Å². The van der Waals surface area contributed by atoms with Crippen LogP contribution in [-0.4, -0.2) is 19.2 Å². The molecule has 0 aliphatic carbocycles. The Labute approximate surface area is 76.4 Å². The van der Waals surface area contributed by atoms with Crippen LogP contribution in [0.15, 0.2) is 0 Å². The lowest BCUT2D eigenvalue weighted by Gasteiger charge is -2.16. The number of rotatable bonds is 8. The first kappa shape index (κ1) is 11.9. The number of nitrogens with one attached hydrogen (secondary N) is 1. The monoisotopic (exact) mass is 172 g/mol. The minimum Gasteiger partial charge on any atom is -0.314 e. The van der Waals surface area contributed by atoms with Crippen LogP contribution < -0.4 is 5.32 Å². The predicted octanol–water partition coefficient (Wildman–Crippen LogP) is 2.37. The van der Waals surface area contributed by atoms with Gasteiger partial charge in [0.25, 0.3) is 0 Å². The molecule has 0 rings (SSSR count). The van der Waals surface area contributed by atoms with E-state index in [1.54, 1.807) is 0 Å². The average molecular weight is 172 g/mol. The Hall–Kier alpha value is -0.0800. The van der Waals surface area contributed by atoms with E-state index in [0.29, 0.717) is 6.04 Å². The van der Waals surface area contributed by atoms with Gasteiger partial charge in [-0.2, -0.15) is 0 Å².